The van der Waals surface area contributed by atoms with Crippen molar-refractivity contribution in [1.82, 2.24) is 26.0 Å². The van der Waals surface area contributed by atoms with Crippen LogP contribution in [0.5, 0.6) is 0 Å². The second-order valence-corrected chi connectivity index (χ2v) is 9.79. The van der Waals surface area contributed by atoms with E-state index in [1.54, 1.807) is 17.0 Å². The lowest BCUT2D eigenvalue weighted by atomic mass is 10.1. The maximum absolute atomic E-state index is 13.7. The van der Waals surface area contributed by atoms with Crippen LogP contribution in [0.1, 0.15) is 18.4 Å². The Morgan fingerprint density at radius 1 is 1.12 bits per heavy atom. The van der Waals surface area contributed by atoms with Crippen LogP contribution in [0.15, 0.2) is 59.1 Å². The number of nitrogens with one attached hydrogen (secondary N) is 4. The van der Waals surface area contributed by atoms with Gasteiger partial charge in [-0.1, -0.05) is 59.2 Å². The number of piperazine rings is 1. The Labute approximate surface area is 241 Å². The second kappa shape index (κ2) is 15.1. The highest BCUT2D eigenvalue weighted by Gasteiger charge is 2.21. The van der Waals surface area contributed by atoms with E-state index in [1.807, 2.05) is 30.3 Å². The number of rotatable bonds is 12. The van der Waals surface area contributed by atoms with Crippen molar-refractivity contribution < 1.29 is 28.0 Å². The molecule has 0 saturated carbocycles. The lowest BCUT2D eigenvalue weighted by Crippen LogP contribution is -2.47. The zero-order valence-electron chi connectivity index (χ0n) is 22.3. The summed E-state index contributed by atoms with van der Waals surface area (Å²) >= 11 is 5.97. The van der Waals surface area contributed by atoms with Gasteiger partial charge in [-0.05, 0) is 18.1 Å². The fraction of sp³-hybridized carbons (Fsp3) is 0.357. The molecule has 1 aliphatic heterocycles. The van der Waals surface area contributed by atoms with Gasteiger partial charge in [-0.2, -0.15) is 0 Å². The maximum atomic E-state index is 13.7. The topological polar surface area (TPSA) is 138 Å². The van der Waals surface area contributed by atoms with Crippen LogP contribution in [0.2, 0.25) is 5.02 Å². The quantitative estimate of drug-likeness (QED) is 0.254. The van der Waals surface area contributed by atoms with Crippen molar-refractivity contribution in [2.45, 2.75) is 25.4 Å². The van der Waals surface area contributed by atoms with E-state index in [2.05, 4.69) is 26.4 Å². The van der Waals surface area contributed by atoms with Crippen molar-refractivity contribution in [2.24, 2.45) is 0 Å². The summed E-state index contributed by atoms with van der Waals surface area (Å²) in [5, 5.41) is 15.3. The third kappa shape index (κ3) is 9.27. The van der Waals surface area contributed by atoms with Gasteiger partial charge in [0.25, 0.3) is 0 Å². The Hall–Kier alpha value is -4.00. The van der Waals surface area contributed by atoms with E-state index in [-0.39, 0.29) is 55.2 Å². The van der Waals surface area contributed by atoms with Crippen LogP contribution in [-0.2, 0) is 20.9 Å². The normalized spacial score (nSPS) is 13.9. The molecule has 0 radical (unpaired) electrons. The van der Waals surface area contributed by atoms with Crippen molar-refractivity contribution in [3.05, 3.63) is 71.0 Å². The maximum Gasteiger partial charge on any atom is 0.412 e. The van der Waals surface area contributed by atoms with Crippen molar-refractivity contribution in [2.75, 3.05) is 44.6 Å². The number of hydrogen-bond acceptors (Lipinski definition) is 8. The number of carbonyl (C=O) groups excluding carboxylic acids is 3. The minimum Gasteiger partial charge on any atom is -0.447 e. The zero-order chi connectivity index (χ0) is 29.0. The monoisotopic (exact) mass is 586 g/mol. The van der Waals surface area contributed by atoms with E-state index in [1.165, 1.54) is 12.1 Å². The minimum absolute atomic E-state index is 0.00729. The number of benzene rings is 2. The molecule has 1 aromatic heterocycles. The first kappa shape index (κ1) is 30.0. The summed E-state index contributed by atoms with van der Waals surface area (Å²) in [5.41, 5.74) is 1.31. The predicted molar refractivity (Wildman–Crippen MR) is 151 cm³/mol. The molecule has 13 heteroatoms. The molecule has 1 aliphatic rings. The molecule has 1 saturated heterocycles. The van der Waals surface area contributed by atoms with Crippen LogP contribution >= 0.6 is 11.6 Å². The first-order valence-corrected chi connectivity index (χ1v) is 13.6. The number of halogens is 2. The molecule has 3 amide bonds. The van der Waals surface area contributed by atoms with Gasteiger partial charge in [-0.3, -0.25) is 14.9 Å². The van der Waals surface area contributed by atoms with Gasteiger partial charge in [0, 0.05) is 50.8 Å². The third-order valence-corrected chi connectivity index (χ3v) is 6.81. The molecule has 1 atom stereocenters. The van der Waals surface area contributed by atoms with E-state index in [9.17, 15) is 18.8 Å². The summed E-state index contributed by atoms with van der Waals surface area (Å²) in [4.78, 5) is 39.5. The lowest BCUT2D eigenvalue weighted by Gasteiger charge is -2.28. The standard InChI is InChI=1S/C28H32ClFN6O5/c29-27-20(7-4-8-22(27)30)16-32-17-25(37)33-21(9-10-26(38)36-13-11-31-12-14-36)18-40-28(39)34-24-15-23(41-35-24)19-5-2-1-3-6-19/h1-8,15,21,31-32H,9-14,16-18H2,(H,33,37)(H,34,35,39)/t21-/m0/s1. The molecule has 41 heavy (non-hydrogen) atoms. The Morgan fingerprint density at radius 2 is 1.90 bits per heavy atom. The average Bonchev–Trinajstić information content (AvgIpc) is 3.46. The Kier molecular flexibility index (Phi) is 11.1. The lowest BCUT2D eigenvalue weighted by molar-refractivity contribution is -0.132. The molecule has 4 N–H and O–H groups in total. The number of aromatic nitrogens is 1. The molecule has 3 aromatic rings. The van der Waals surface area contributed by atoms with E-state index in [4.69, 9.17) is 20.9 Å². The van der Waals surface area contributed by atoms with Crippen LogP contribution in [0, 0.1) is 5.82 Å². The summed E-state index contributed by atoms with van der Waals surface area (Å²) in [7, 11) is 0. The summed E-state index contributed by atoms with van der Waals surface area (Å²) in [6, 6.07) is 14.7. The molecular weight excluding hydrogens is 555 g/mol. The molecular formula is C28H32ClFN6O5. The van der Waals surface area contributed by atoms with E-state index in [0.717, 1.165) is 18.7 Å². The van der Waals surface area contributed by atoms with Crippen molar-refractivity contribution in [1.29, 1.82) is 0 Å². The summed E-state index contributed by atoms with van der Waals surface area (Å²) in [6.07, 6.45) is -0.351. The molecule has 2 aromatic carbocycles. The van der Waals surface area contributed by atoms with Gasteiger partial charge in [0.15, 0.2) is 11.6 Å². The number of ether oxygens (including phenoxy) is 1. The van der Waals surface area contributed by atoms with Gasteiger partial charge >= 0.3 is 6.09 Å². The first-order valence-electron chi connectivity index (χ1n) is 13.3. The zero-order valence-corrected chi connectivity index (χ0v) is 23.1. The average molecular weight is 587 g/mol. The molecule has 218 valence electrons. The Bertz CT molecular complexity index is 1320. The summed E-state index contributed by atoms with van der Waals surface area (Å²) in [6.45, 7) is 2.59. The Morgan fingerprint density at radius 3 is 2.68 bits per heavy atom. The molecule has 2 heterocycles. The fourth-order valence-corrected chi connectivity index (χ4v) is 4.42. The summed E-state index contributed by atoms with van der Waals surface area (Å²) < 4.78 is 24.3. The molecule has 0 bridgehead atoms. The van der Waals surface area contributed by atoms with Crippen LogP contribution in [0.4, 0.5) is 15.0 Å². The minimum atomic E-state index is -0.788. The highest BCUT2D eigenvalue weighted by atomic mass is 35.5. The van der Waals surface area contributed by atoms with Crippen molar-refractivity contribution in [3.8, 4) is 11.3 Å². The van der Waals surface area contributed by atoms with E-state index < -0.39 is 18.0 Å². The largest absolute Gasteiger partial charge is 0.447 e. The smallest absolute Gasteiger partial charge is 0.412 e. The van der Waals surface area contributed by atoms with Gasteiger partial charge in [-0.25, -0.2) is 9.18 Å². The number of anilines is 1. The molecule has 4 rings (SSSR count). The van der Waals surface area contributed by atoms with Gasteiger partial charge < -0.3 is 30.1 Å². The van der Waals surface area contributed by atoms with Crippen molar-refractivity contribution in [3.63, 3.8) is 0 Å². The van der Waals surface area contributed by atoms with E-state index >= 15 is 0 Å². The number of amides is 3. The summed E-state index contributed by atoms with van der Waals surface area (Å²) in [5.74, 6) is -0.315. The van der Waals surface area contributed by atoms with Crippen LogP contribution in [0.3, 0.4) is 0 Å². The van der Waals surface area contributed by atoms with Gasteiger partial charge in [-0.15, -0.1) is 0 Å². The molecule has 11 nitrogen and oxygen atoms in total. The second-order valence-electron chi connectivity index (χ2n) is 9.42. The molecule has 1 fully saturated rings. The molecule has 0 unspecified atom stereocenters. The SMILES string of the molecule is O=C(CNCc1cccc(F)c1Cl)N[C@@H](CCC(=O)N1CCNCC1)COC(=O)Nc1cc(-c2ccccc2)on1. The van der Waals surface area contributed by atoms with Crippen LogP contribution in [-0.4, -0.2) is 73.3 Å². The molecule has 0 aliphatic carbocycles. The number of nitrogens with zero attached hydrogens (tertiary/aromatic N) is 2. The van der Waals surface area contributed by atoms with Crippen LogP contribution < -0.4 is 21.3 Å². The van der Waals surface area contributed by atoms with Gasteiger partial charge in [0.2, 0.25) is 11.8 Å². The van der Waals surface area contributed by atoms with Crippen LogP contribution in [0.25, 0.3) is 11.3 Å². The van der Waals surface area contributed by atoms with Gasteiger partial charge in [0.1, 0.15) is 12.4 Å². The highest BCUT2D eigenvalue weighted by Crippen LogP contribution is 2.22. The molecule has 0 spiro atoms. The number of carbonyl (C=O) groups is 3. The third-order valence-electron chi connectivity index (χ3n) is 6.39. The first-order chi connectivity index (χ1) is 19.9. The fourth-order valence-electron chi connectivity index (χ4n) is 4.23. The highest BCUT2D eigenvalue weighted by molar-refractivity contribution is 6.31. The predicted octanol–water partition coefficient (Wildman–Crippen LogP) is 3.17. The van der Waals surface area contributed by atoms with E-state index in [0.29, 0.717) is 24.4 Å². The van der Waals surface area contributed by atoms with Crippen molar-refractivity contribution >= 4 is 35.3 Å². The number of hydrogen-bond donors (Lipinski definition) is 4. The van der Waals surface area contributed by atoms with Gasteiger partial charge in [0.05, 0.1) is 17.6 Å². The Balaban J connectivity index is 1.29.